The van der Waals surface area contributed by atoms with Crippen LogP contribution in [0.4, 0.5) is 8.78 Å². The molecule has 17 heavy (non-hydrogen) atoms. The van der Waals surface area contributed by atoms with Gasteiger partial charge in [0, 0.05) is 18.8 Å². The van der Waals surface area contributed by atoms with Crippen molar-refractivity contribution < 1.29 is 18.3 Å². The Kier molecular flexibility index (Phi) is 5.47. The van der Waals surface area contributed by atoms with Gasteiger partial charge < -0.3 is 15.2 Å². The maximum atomic E-state index is 13.5. The van der Waals surface area contributed by atoms with Crippen molar-refractivity contribution in [1.82, 2.24) is 0 Å². The number of halogens is 2. The summed E-state index contributed by atoms with van der Waals surface area (Å²) in [5.41, 5.74) is 5.88. The van der Waals surface area contributed by atoms with Crippen LogP contribution in [-0.2, 0) is 9.47 Å². The molecule has 1 rings (SSSR count). The van der Waals surface area contributed by atoms with Crippen molar-refractivity contribution in [2.24, 2.45) is 5.73 Å². The van der Waals surface area contributed by atoms with Crippen LogP contribution in [0.5, 0.6) is 0 Å². The second kappa shape index (κ2) is 6.64. The lowest BCUT2D eigenvalue weighted by Gasteiger charge is -2.24. The van der Waals surface area contributed by atoms with E-state index < -0.39 is 24.0 Å². The van der Waals surface area contributed by atoms with Gasteiger partial charge in [0.1, 0.15) is 0 Å². The van der Waals surface area contributed by atoms with E-state index in [1.54, 1.807) is 13.8 Å². The third-order valence-corrected chi connectivity index (χ3v) is 2.30. The highest BCUT2D eigenvalue weighted by atomic mass is 19.2. The van der Waals surface area contributed by atoms with Gasteiger partial charge in [-0.05, 0) is 19.9 Å². The zero-order valence-electron chi connectivity index (χ0n) is 9.95. The molecule has 1 aromatic carbocycles. The van der Waals surface area contributed by atoms with Crippen LogP contribution < -0.4 is 5.73 Å². The molecular weight excluding hydrogens is 228 g/mol. The summed E-state index contributed by atoms with van der Waals surface area (Å²) in [6, 6.07) is 3.02. The van der Waals surface area contributed by atoms with E-state index in [1.165, 1.54) is 12.1 Å². The van der Waals surface area contributed by atoms with Gasteiger partial charge in [-0.3, -0.25) is 0 Å². The first-order chi connectivity index (χ1) is 8.11. The minimum atomic E-state index is -0.954. The molecule has 0 saturated heterocycles. The van der Waals surface area contributed by atoms with Gasteiger partial charge in [0.25, 0.3) is 0 Å². The number of hydrogen-bond donors (Lipinski definition) is 1. The Hall–Kier alpha value is -1.04. The molecule has 1 atom stereocenters. The molecule has 0 saturated carbocycles. The minimum absolute atomic E-state index is 0.0527. The predicted octanol–water partition coefficient (Wildman–Crippen LogP) is 2.36. The van der Waals surface area contributed by atoms with E-state index in [0.29, 0.717) is 13.2 Å². The molecular formula is C12H17F2NO2. The van der Waals surface area contributed by atoms with Crippen molar-refractivity contribution in [3.05, 3.63) is 35.4 Å². The maximum absolute atomic E-state index is 13.5. The van der Waals surface area contributed by atoms with Crippen molar-refractivity contribution in [2.75, 3.05) is 13.2 Å². The van der Waals surface area contributed by atoms with Crippen LogP contribution in [0.2, 0.25) is 0 Å². The molecule has 2 N–H and O–H groups in total. The SMILES string of the molecule is CCOC(OCC)C(N)c1cccc(F)c1F. The Bertz CT molecular complexity index is 354. The van der Waals surface area contributed by atoms with E-state index in [2.05, 4.69) is 0 Å². The number of hydrogen-bond acceptors (Lipinski definition) is 3. The first kappa shape index (κ1) is 14.0. The molecule has 0 radical (unpaired) electrons. The smallest absolute Gasteiger partial charge is 0.176 e. The lowest BCUT2D eigenvalue weighted by Crippen LogP contribution is -2.32. The summed E-state index contributed by atoms with van der Waals surface area (Å²) in [5, 5.41) is 0. The molecule has 0 fully saturated rings. The minimum Gasteiger partial charge on any atom is -0.351 e. The van der Waals surface area contributed by atoms with Gasteiger partial charge in [0.2, 0.25) is 0 Å². The Labute approximate surface area is 99.5 Å². The quantitative estimate of drug-likeness (QED) is 0.782. The van der Waals surface area contributed by atoms with Gasteiger partial charge in [0.15, 0.2) is 17.9 Å². The molecule has 0 spiro atoms. The average Bonchev–Trinajstić information content (AvgIpc) is 2.31. The summed E-state index contributed by atoms with van der Waals surface area (Å²) >= 11 is 0. The highest BCUT2D eigenvalue weighted by Crippen LogP contribution is 2.22. The van der Waals surface area contributed by atoms with Crippen LogP contribution in [-0.4, -0.2) is 19.5 Å². The molecule has 1 aromatic rings. The van der Waals surface area contributed by atoms with E-state index in [4.69, 9.17) is 15.2 Å². The van der Waals surface area contributed by atoms with Crippen molar-refractivity contribution in [2.45, 2.75) is 26.2 Å². The van der Waals surface area contributed by atoms with Crippen molar-refractivity contribution in [3.8, 4) is 0 Å². The normalized spacial score (nSPS) is 13.1. The fraction of sp³-hybridized carbons (Fsp3) is 0.500. The lowest BCUT2D eigenvalue weighted by atomic mass is 10.1. The molecule has 0 aliphatic carbocycles. The van der Waals surface area contributed by atoms with Gasteiger partial charge in [-0.15, -0.1) is 0 Å². The van der Waals surface area contributed by atoms with E-state index in [9.17, 15) is 8.78 Å². The number of nitrogens with two attached hydrogens (primary N) is 1. The largest absolute Gasteiger partial charge is 0.351 e. The zero-order chi connectivity index (χ0) is 12.8. The third-order valence-electron chi connectivity index (χ3n) is 2.30. The molecule has 0 bridgehead atoms. The molecule has 0 aliphatic heterocycles. The second-order valence-electron chi connectivity index (χ2n) is 3.45. The Morgan fingerprint density at radius 3 is 2.29 bits per heavy atom. The fourth-order valence-corrected chi connectivity index (χ4v) is 1.51. The summed E-state index contributed by atoms with van der Waals surface area (Å²) in [6.45, 7) is 4.33. The molecule has 0 aromatic heterocycles. The first-order valence-electron chi connectivity index (χ1n) is 5.54. The van der Waals surface area contributed by atoms with Crippen LogP contribution >= 0.6 is 0 Å². The first-order valence-corrected chi connectivity index (χ1v) is 5.54. The third kappa shape index (κ3) is 3.46. The highest BCUT2D eigenvalue weighted by molar-refractivity contribution is 5.22. The molecule has 3 nitrogen and oxygen atoms in total. The summed E-state index contributed by atoms with van der Waals surface area (Å²) in [7, 11) is 0. The molecule has 0 aliphatic rings. The van der Waals surface area contributed by atoms with E-state index in [0.717, 1.165) is 6.07 Å². The molecule has 96 valence electrons. The number of ether oxygens (including phenoxy) is 2. The Balaban J connectivity index is 2.92. The fourth-order valence-electron chi connectivity index (χ4n) is 1.51. The van der Waals surface area contributed by atoms with Crippen LogP contribution in [0.15, 0.2) is 18.2 Å². The maximum Gasteiger partial charge on any atom is 0.176 e. The standard InChI is InChI=1S/C12H17F2NO2/c1-3-16-12(17-4-2)11(15)8-6-5-7-9(13)10(8)14/h5-7,11-12H,3-4,15H2,1-2H3. The molecule has 0 heterocycles. The van der Waals surface area contributed by atoms with Gasteiger partial charge >= 0.3 is 0 Å². The van der Waals surface area contributed by atoms with Gasteiger partial charge in [-0.2, -0.15) is 0 Å². The summed E-state index contributed by atoms with van der Waals surface area (Å²) < 4.78 is 37.1. The van der Waals surface area contributed by atoms with Crippen LogP contribution in [0.25, 0.3) is 0 Å². The van der Waals surface area contributed by atoms with Crippen LogP contribution in [0.1, 0.15) is 25.5 Å². The Morgan fingerprint density at radius 2 is 1.76 bits per heavy atom. The van der Waals surface area contributed by atoms with Gasteiger partial charge in [-0.1, -0.05) is 12.1 Å². The van der Waals surface area contributed by atoms with Crippen LogP contribution in [0, 0.1) is 11.6 Å². The zero-order valence-corrected chi connectivity index (χ0v) is 9.95. The average molecular weight is 245 g/mol. The van der Waals surface area contributed by atoms with Crippen molar-refractivity contribution >= 4 is 0 Å². The van der Waals surface area contributed by atoms with E-state index in [1.807, 2.05) is 0 Å². The van der Waals surface area contributed by atoms with E-state index in [-0.39, 0.29) is 5.56 Å². The summed E-state index contributed by atoms with van der Waals surface area (Å²) in [5.74, 6) is -1.88. The van der Waals surface area contributed by atoms with Gasteiger partial charge in [0.05, 0.1) is 6.04 Å². The second-order valence-corrected chi connectivity index (χ2v) is 3.45. The van der Waals surface area contributed by atoms with Crippen molar-refractivity contribution in [1.29, 1.82) is 0 Å². The number of rotatable bonds is 6. The predicted molar refractivity (Wildman–Crippen MR) is 60.3 cm³/mol. The molecule has 5 heteroatoms. The monoisotopic (exact) mass is 245 g/mol. The number of benzene rings is 1. The highest BCUT2D eigenvalue weighted by Gasteiger charge is 2.24. The molecule has 0 amide bonds. The lowest BCUT2D eigenvalue weighted by molar-refractivity contribution is -0.149. The summed E-state index contributed by atoms with van der Waals surface area (Å²) in [4.78, 5) is 0. The van der Waals surface area contributed by atoms with E-state index >= 15 is 0 Å². The van der Waals surface area contributed by atoms with Crippen molar-refractivity contribution in [3.63, 3.8) is 0 Å². The topological polar surface area (TPSA) is 44.5 Å². The Morgan fingerprint density at radius 1 is 1.18 bits per heavy atom. The van der Waals surface area contributed by atoms with Gasteiger partial charge in [-0.25, -0.2) is 8.78 Å². The summed E-state index contributed by atoms with van der Waals surface area (Å²) in [6.07, 6.45) is -0.777. The molecule has 1 unspecified atom stereocenters. The van der Waals surface area contributed by atoms with Crippen LogP contribution in [0.3, 0.4) is 0 Å².